The van der Waals surface area contributed by atoms with E-state index >= 15 is 0 Å². The fourth-order valence-electron chi connectivity index (χ4n) is 1.88. The van der Waals surface area contributed by atoms with Crippen molar-refractivity contribution in [1.29, 1.82) is 0 Å². The minimum absolute atomic E-state index is 0.0128. The van der Waals surface area contributed by atoms with E-state index in [0.29, 0.717) is 11.4 Å². The number of hydrogen-bond donors (Lipinski definition) is 2. The summed E-state index contributed by atoms with van der Waals surface area (Å²) in [5.74, 6) is 0.460. The smallest absolute Gasteiger partial charge is 0.265 e. The Morgan fingerprint density at radius 1 is 1.24 bits per heavy atom. The molecule has 1 unspecified atom stereocenters. The predicted octanol–water partition coefficient (Wildman–Crippen LogP) is 2.89. The van der Waals surface area contributed by atoms with Crippen LogP contribution < -0.4 is 10.1 Å². The largest absolute Gasteiger partial charge is 0.481 e. The first kappa shape index (κ1) is 15.1. The van der Waals surface area contributed by atoms with Crippen molar-refractivity contribution in [1.82, 2.24) is 0 Å². The first-order valence-electron chi connectivity index (χ1n) is 6.82. The van der Waals surface area contributed by atoms with Gasteiger partial charge in [-0.25, -0.2) is 0 Å². The number of aryl methyl sites for hydroxylation is 1. The van der Waals surface area contributed by atoms with Gasteiger partial charge in [-0.1, -0.05) is 24.3 Å². The molecule has 2 N–H and O–H groups in total. The van der Waals surface area contributed by atoms with Crippen LogP contribution >= 0.6 is 0 Å². The number of aliphatic hydroxyl groups excluding tert-OH is 1. The standard InChI is InChI=1S/C17H19NO3/c1-12-4-3-5-16(10-12)21-13(2)17(20)18-15-8-6-14(11-19)7-9-15/h3-10,13,19H,11H2,1-2H3,(H,18,20). The molecular formula is C17H19NO3. The third-order valence-corrected chi connectivity index (χ3v) is 3.08. The number of aliphatic hydroxyl groups is 1. The fraction of sp³-hybridized carbons (Fsp3) is 0.235. The number of rotatable bonds is 5. The van der Waals surface area contributed by atoms with Crippen molar-refractivity contribution in [3.63, 3.8) is 0 Å². The maximum atomic E-state index is 12.1. The molecule has 0 radical (unpaired) electrons. The molecule has 0 heterocycles. The van der Waals surface area contributed by atoms with Gasteiger partial charge in [0.25, 0.3) is 5.91 Å². The summed E-state index contributed by atoms with van der Waals surface area (Å²) >= 11 is 0. The van der Waals surface area contributed by atoms with Gasteiger partial charge < -0.3 is 15.2 Å². The third-order valence-electron chi connectivity index (χ3n) is 3.08. The highest BCUT2D eigenvalue weighted by Crippen LogP contribution is 2.15. The van der Waals surface area contributed by atoms with Crippen LogP contribution in [0, 0.1) is 6.92 Å². The van der Waals surface area contributed by atoms with Gasteiger partial charge in [-0.15, -0.1) is 0 Å². The first-order chi connectivity index (χ1) is 10.1. The maximum absolute atomic E-state index is 12.1. The minimum Gasteiger partial charge on any atom is -0.481 e. The number of carbonyl (C=O) groups excluding carboxylic acids is 1. The summed E-state index contributed by atoms with van der Waals surface area (Å²) in [5.41, 5.74) is 2.56. The Hall–Kier alpha value is -2.33. The summed E-state index contributed by atoms with van der Waals surface area (Å²) in [5, 5.41) is 11.8. The molecule has 2 aromatic rings. The van der Waals surface area contributed by atoms with E-state index < -0.39 is 6.10 Å². The van der Waals surface area contributed by atoms with Crippen LogP contribution in [-0.2, 0) is 11.4 Å². The normalized spacial score (nSPS) is 11.8. The van der Waals surface area contributed by atoms with Crippen LogP contribution in [0.4, 0.5) is 5.69 Å². The van der Waals surface area contributed by atoms with E-state index in [4.69, 9.17) is 9.84 Å². The summed E-state index contributed by atoms with van der Waals surface area (Å²) < 4.78 is 5.62. The van der Waals surface area contributed by atoms with Gasteiger partial charge in [-0.05, 0) is 49.2 Å². The summed E-state index contributed by atoms with van der Waals surface area (Å²) in [6, 6.07) is 14.6. The van der Waals surface area contributed by atoms with Gasteiger partial charge >= 0.3 is 0 Å². The van der Waals surface area contributed by atoms with E-state index in [-0.39, 0.29) is 12.5 Å². The Balaban J connectivity index is 1.95. The van der Waals surface area contributed by atoms with Crippen molar-refractivity contribution >= 4 is 11.6 Å². The van der Waals surface area contributed by atoms with Gasteiger partial charge in [-0.2, -0.15) is 0 Å². The molecule has 21 heavy (non-hydrogen) atoms. The van der Waals surface area contributed by atoms with Gasteiger partial charge in [-0.3, -0.25) is 4.79 Å². The zero-order valence-corrected chi connectivity index (χ0v) is 12.2. The fourth-order valence-corrected chi connectivity index (χ4v) is 1.88. The lowest BCUT2D eigenvalue weighted by molar-refractivity contribution is -0.122. The number of ether oxygens (including phenoxy) is 1. The summed E-state index contributed by atoms with van der Waals surface area (Å²) in [6.07, 6.45) is -0.593. The molecule has 0 fully saturated rings. The van der Waals surface area contributed by atoms with E-state index in [1.807, 2.05) is 31.2 Å². The topological polar surface area (TPSA) is 58.6 Å². The molecule has 110 valence electrons. The van der Waals surface area contributed by atoms with E-state index in [2.05, 4.69) is 5.32 Å². The summed E-state index contributed by atoms with van der Waals surface area (Å²) in [6.45, 7) is 3.67. The Morgan fingerprint density at radius 3 is 2.57 bits per heavy atom. The highest BCUT2D eigenvalue weighted by molar-refractivity contribution is 5.94. The van der Waals surface area contributed by atoms with E-state index in [1.54, 1.807) is 31.2 Å². The quantitative estimate of drug-likeness (QED) is 0.888. The highest BCUT2D eigenvalue weighted by atomic mass is 16.5. The van der Waals surface area contributed by atoms with Crippen LogP contribution in [0.1, 0.15) is 18.1 Å². The average Bonchev–Trinajstić information content (AvgIpc) is 2.48. The van der Waals surface area contributed by atoms with Crippen LogP contribution in [0.3, 0.4) is 0 Å². The third kappa shape index (κ3) is 4.33. The molecule has 0 aliphatic rings. The Bertz CT molecular complexity index is 608. The Kier molecular flexibility index (Phi) is 4.95. The van der Waals surface area contributed by atoms with Gasteiger partial charge in [0.05, 0.1) is 6.61 Å². The molecule has 1 amide bonds. The molecule has 0 aromatic heterocycles. The van der Waals surface area contributed by atoms with Gasteiger partial charge in [0.15, 0.2) is 6.10 Å². The average molecular weight is 285 g/mol. The van der Waals surface area contributed by atoms with Crippen LogP contribution in [0.25, 0.3) is 0 Å². The van der Waals surface area contributed by atoms with Crippen LogP contribution in [0.2, 0.25) is 0 Å². The predicted molar refractivity (Wildman–Crippen MR) is 82.3 cm³/mol. The van der Waals surface area contributed by atoms with Crippen molar-refractivity contribution in [2.45, 2.75) is 26.6 Å². The molecule has 0 saturated heterocycles. The van der Waals surface area contributed by atoms with Crippen LogP contribution in [0.5, 0.6) is 5.75 Å². The summed E-state index contributed by atoms with van der Waals surface area (Å²) in [4.78, 5) is 12.1. The van der Waals surface area contributed by atoms with Crippen LogP contribution in [-0.4, -0.2) is 17.1 Å². The molecular weight excluding hydrogens is 266 g/mol. The number of nitrogens with one attached hydrogen (secondary N) is 1. The first-order valence-corrected chi connectivity index (χ1v) is 6.82. The summed E-state index contributed by atoms with van der Waals surface area (Å²) in [7, 11) is 0. The number of carbonyl (C=O) groups is 1. The highest BCUT2D eigenvalue weighted by Gasteiger charge is 2.14. The lowest BCUT2D eigenvalue weighted by atomic mass is 10.2. The van der Waals surface area contributed by atoms with Gasteiger partial charge in [0.2, 0.25) is 0 Å². The number of benzene rings is 2. The lowest BCUT2D eigenvalue weighted by Gasteiger charge is -2.15. The van der Waals surface area contributed by atoms with Gasteiger partial charge in [0, 0.05) is 5.69 Å². The molecule has 0 bridgehead atoms. The second-order valence-corrected chi connectivity index (χ2v) is 4.92. The Labute approximate surface area is 124 Å². The van der Waals surface area contributed by atoms with E-state index in [9.17, 15) is 4.79 Å². The molecule has 4 nitrogen and oxygen atoms in total. The SMILES string of the molecule is Cc1cccc(OC(C)C(=O)Nc2ccc(CO)cc2)c1. The molecule has 4 heteroatoms. The van der Waals surface area contributed by atoms with Crippen LogP contribution in [0.15, 0.2) is 48.5 Å². The molecule has 0 spiro atoms. The second kappa shape index (κ2) is 6.90. The van der Waals surface area contributed by atoms with E-state index in [0.717, 1.165) is 11.1 Å². The van der Waals surface area contributed by atoms with E-state index in [1.165, 1.54) is 0 Å². The molecule has 0 aliphatic carbocycles. The van der Waals surface area contributed by atoms with Crippen molar-refractivity contribution in [2.24, 2.45) is 0 Å². The second-order valence-electron chi connectivity index (χ2n) is 4.92. The molecule has 2 rings (SSSR count). The molecule has 0 saturated carbocycles. The van der Waals surface area contributed by atoms with Crippen molar-refractivity contribution in [2.75, 3.05) is 5.32 Å². The zero-order chi connectivity index (χ0) is 15.2. The lowest BCUT2D eigenvalue weighted by Crippen LogP contribution is -2.30. The van der Waals surface area contributed by atoms with Crippen molar-refractivity contribution in [3.05, 3.63) is 59.7 Å². The number of anilines is 1. The number of hydrogen-bond acceptors (Lipinski definition) is 3. The minimum atomic E-state index is -0.593. The molecule has 0 aliphatic heterocycles. The van der Waals surface area contributed by atoms with Crippen molar-refractivity contribution < 1.29 is 14.6 Å². The molecule has 2 aromatic carbocycles. The molecule has 1 atom stereocenters. The zero-order valence-electron chi connectivity index (χ0n) is 12.2. The number of amides is 1. The monoisotopic (exact) mass is 285 g/mol. The van der Waals surface area contributed by atoms with Crippen molar-refractivity contribution in [3.8, 4) is 5.75 Å². The Morgan fingerprint density at radius 2 is 1.95 bits per heavy atom. The van der Waals surface area contributed by atoms with Gasteiger partial charge in [0.1, 0.15) is 5.75 Å². The maximum Gasteiger partial charge on any atom is 0.265 e.